The fourth-order valence-electron chi connectivity index (χ4n) is 2.92. The second-order valence-corrected chi connectivity index (χ2v) is 7.52. The summed E-state index contributed by atoms with van der Waals surface area (Å²) in [5, 5.41) is 16.0. The van der Waals surface area contributed by atoms with Crippen molar-refractivity contribution in [3.63, 3.8) is 0 Å². The molecule has 7 heteroatoms. The summed E-state index contributed by atoms with van der Waals surface area (Å²) in [5.74, 6) is 1.40. The van der Waals surface area contributed by atoms with E-state index >= 15 is 0 Å². The molecule has 0 aromatic rings. The third-order valence-corrected chi connectivity index (χ3v) is 5.90. The first kappa shape index (κ1) is 24.3. The van der Waals surface area contributed by atoms with Crippen LogP contribution in [0.15, 0.2) is 4.99 Å². The zero-order chi connectivity index (χ0) is 17.0. The molecule has 1 saturated heterocycles. The lowest BCUT2D eigenvalue weighted by molar-refractivity contribution is 0.0794. The van der Waals surface area contributed by atoms with Gasteiger partial charge in [-0.2, -0.15) is 11.8 Å². The van der Waals surface area contributed by atoms with Gasteiger partial charge in [-0.05, 0) is 44.8 Å². The van der Waals surface area contributed by atoms with Crippen molar-refractivity contribution in [3.05, 3.63) is 0 Å². The van der Waals surface area contributed by atoms with Gasteiger partial charge < -0.3 is 20.5 Å². The Morgan fingerprint density at radius 2 is 1.96 bits per heavy atom. The van der Waals surface area contributed by atoms with E-state index in [0.717, 1.165) is 70.9 Å². The molecule has 24 heavy (non-hydrogen) atoms. The topological polar surface area (TPSA) is 65.9 Å². The molecule has 144 valence electrons. The second-order valence-electron chi connectivity index (χ2n) is 6.24. The Hall–Kier alpha value is 0.270. The van der Waals surface area contributed by atoms with Gasteiger partial charge in [-0.3, -0.25) is 4.99 Å². The highest BCUT2D eigenvalue weighted by molar-refractivity contribution is 14.0. The van der Waals surface area contributed by atoms with Gasteiger partial charge in [0.25, 0.3) is 0 Å². The van der Waals surface area contributed by atoms with Crippen molar-refractivity contribution in [1.82, 2.24) is 10.6 Å². The number of nitrogens with one attached hydrogen (secondary N) is 2. The van der Waals surface area contributed by atoms with Gasteiger partial charge in [-0.1, -0.05) is 13.3 Å². The number of halogens is 1. The van der Waals surface area contributed by atoms with Crippen LogP contribution in [0.2, 0.25) is 0 Å². The smallest absolute Gasteiger partial charge is 0.191 e. The van der Waals surface area contributed by atoms with Crippen LogP contribution in [-0.4, -0.2) is 61.5 Å². The monoisotopic (exact) mass is 473 g/mol. The summed E-state index contributed by atoms with van der Waals surface area (Å²) in [4.78, 5) is 4.83. The SMILES string of the molecule is CCCC(CCO)CNC(=NCC1(SC)CCOCC1)NCC.I. The Morgan fingerprint density at radius 1 is 1.25 bits per heavy atom. The number of guanidine groups is 1. The third-order valence-electron chi connectivity index (χ3n) is 4.50. The fourth-order valence-corrected chi connectivity index (χ4v) is 3.68. The predicted molar refractivity (Wildman–Crippen MR) is 116 cm³/mol. The largest absolute Gasteiger partial charge is 0.396 e. The lowest BCUT2D eigenvalue weighted by atomic mass is 9.99. The van der Waals surface area contributed by atoms with E-state index in [1.807, 2.05) is 11.8 Å². The zero-order valence-corrected chi connectivity index (χ0v) is 18.6. The fraction of sp³-hybridized carbons (Fsp3) is 0.941. The summed E-state index contributed by atoms with van der Waals surface area (Å²) >= 11 is 1.92. The molecule has 0 bridgehead atoms. The van der Waals surface area contributed by atoms with Crippen LogP contribution in [0.1, 0.15) is 46.0 Å². The van der Waals surface area contributed by atoms with Gasteiger partial charge in [0.2, 0.25) is 0 Å². The molecule has 1 aliphatic rings. The van der Waals surface area contributed by atoms with Gasteiger partial charge in [0.15, 0.2) is 5.96 Å². The van der Waals surface area contributed by atoms with Gasteiger partial charge >= 0.3 is 0 Å². The quantitative estimate of drug-likeness (QED) is 0.259. The van der Waals surface area contributed by atoms with Crippen LogP contribution in [0.3, 0.4) is 0 Å². The van der Waals surface area contributed by atoms with E-state index < -0.39 is 0 Å². The van der Waals surface area contributed by atoms with Crippen LogP contribution in [-0.2, 0) is 4.74 Å². The van der Waals surface area contributed by atoms with Gasteiger partial charge in [-0.25, -0.2) is 0 Å². The number of rotatable bonds is 10. The van der Waals surface area contributed by atoms with E-state index in [1.165, 1.54) is 0 Å². The number of hydrogen-bond donors (Lipinski definition) is 3. The van der Waals surface area contributed by atoms with E-state index in [4.69, 9.17) is 9.73 Å². The Bertz CT molecular complexity index is 334. The minimum absolute atomic E-state index is 0. The Labute approximate surface area is 169 Å². The molecule has 0 aliphatic carbocycles. The molecule has 1 rings (SSSR count). The van der Waals surface area contributed by atoms with Gasteiger partial charge in [-0.15, -0.1) is 24.0 Å². The molecule has 0 amide bonds. The maximum atomic E-state index is 9.18. The highest BCUT2D eigenvalue weighted by Gasteiger charge is 2.31. The third kappa shape index (κ3) is 9.10. The molecule has 5 nitrogen and oxygen atoms in total. The van der Waals surface area contributed by atoms with Crippen LogP contribution < -0.4 is 10.6 Å². The van der Waals surface area contributed by atoms with Crippen molar-refractivity contribution in [2.45, 2.75) is 50.7 Å². The van der Waals surface area contributed by atoms with Crippen molar-refractivity contribution >= 4 is 41.7 Å². The molecular formula is C17H36IN3O2S. The number of aliphatic imine (C=N–C) groups is 1. The maximum Gasteiger partial charge on any atom is 0.191 e. The molecule has 1 unspecified atom stereocenters. The van der Waals surface area contributed by atoms with E-state index in [-0.39, 0.29) is 35.3 Å². The highest BCUT2D eigenvalue weighted by Crippen LogP contribution is 2.33. The molecule has 0 radical (unpaired) electrons. The van der Waals surface area contributed by atoms with Gasteiger partial charge in [0.1, 0.15) is 0 Å². The first-order valence-electron chi connectivity index (χ1n) is 8.95. The summed E-state index contributed by atoms with van der Waals surface area (Å²) in [6.45, 7) is 8.78. The molecule has 0 aromatic heterocycles. The van der Waals surface area contributed by atoms with Crippen LogP contribution in [0.5, 0.6) is 0 Å². The molecule has 1 heterocycles. The number of nitrogens with zero attached hydrogens (tertiary/aromatic N) is 1. The van der Waals surface area contributed by atoms with E-state index in [0.29, 0.717) is 5.92 Å². The first-order chi connectivity index (χ1) is 11.2. The molecule has 3 N–H and O–H groups in total. The highest BCUT2D eigenvalue weighted by atomic mass is 127. The predicted octanol–water partition coefficient (Wildman–Crippen LogP) is 2.87. The second kappa shape index (κ2) is 14.4. The average Bonchev–Trinajstić information content (AvgIpc) is 2.58. The van der Waals surface area contributed by atoms with Crippen LogP contribution in [0.25, 0.3) is 0 Å². The number of aliphatic hydroxyl groups excluding tert-OH is 1. The van der Waals surface area contributed by atoms with E-state index in [1.54, 1.807) is 0 Å². The molecule has 1 aliphatic heterocycles. The summed E-state index contributed by atoms with van der Waals surface area (Å²) < 4.78 is 5.71. The molecule has 0 saturated carbocycles. The maximum absolute atomic E-state index is 9.18. The van der Waals surface area contributed by atoms with E-state index in [9.17, 15) is 5.11 Å². The van der Waals surface area contributed by atoms with Crippen LogP contribution in [0.4, 0.5) is 0 Å². The number of hydrogen-bond acceptors (Lipinski definition) is 4. The van der Waals surface area contributed by atoms with Crippen molar-refractivity contribution in [2.24, 2.45) is 10.9 Å². The summed E-state index contributed by atoms with van der Waals surface area (Å²) in [6.07, 6.45) is 7.46. The zero-order valence-electron chi connectivity index (χ0n) is 15.5. The van der Waals surface area contributed by atoms with Crippen LogP contribution in [0, 0.1) is 5.92 Å². The van der Waals surface area contributed by atoms with Gasteiger partial charge in [0, 0.05) is 37.7 Å². The minimum Gasteiger partial charge on any atom is -0.396 e. The van der Waals surface area contributed by atoms with Crippen molar-refractivity contribution in [2.75, 3.05) is 45.7 Å². The van der Waals surface area contributed by atoms with Gasteiger partial charge in [0.05, 0.1) is 6.54 Å². The van der Waals surface area contributed by atoms with Crippen molar-refractivity contribution in [1.29, 1.82) is 0 Å². The summed E-state index contributed by atoms with van der Waals surface area (Å²) in [5.41, 5.74) is 0. The Morgan fingerprint density at radius 3 is 2.50 bits per heavy atom. The van der Waals surface area contributed by atoms with Crippen molar-refractivity contribution < 1.29 is 9.84 Å². The van der Waals surface area contributed by atoms with E-state index in [2.05, 4.69) is 30.7 Å². The van der Waals surface area contributed by atoms with Crippen molar-refractivity contribution in [3.8, 4) is 0 Å². The molecule has 0 spiro atoms. The molecular weight excluding hydrogens is 437 g/mol. The number of ether oxygens (including phenoxy) is 1. The molecule has 1 atom stereocenters. The summed E-state index contributed by atoms with van der Waals surface area (Å²) in [7, 11) is 0. The molecule has 0 aromatic carbocycles. The Balaban J connectivity index is 0.00000529. The average molecular weight is 473 g/mol. The van der Waals surface area contributed by atoms with Crippen LogP contribution >= 0.6 is 35.7 Å². The number of thioether (sulfide) groups is 1. The lowest BCUT2D eigenvalue weighted by Gasteiger charge is -2.34. The Kier molecular flexibility index (Phi) is 14.6. The minimum atomic E-state index is 0. The standard InChI is InChI=1S/C17H35N3O2S.HI/c1-4-6-15(7-10-21)13-19-16(18-5-2)20-14-17(23-3)8-11-22-12-9-17;/h15,21H,4-14H2,1-3H3,(H2,18,19,20);1H. The number of aliphatic hydroxyl groups is 1. The normalized spacial score (nSPS) is 18.6. The lowest BCUT2D eigenvalue weighted by Crippen LogP contribution is -2.42. The summed E-state index contributed by atoms with van der Waals surface area (Å²) in [6, 6.07) is 0. The first-order valence-corrected chi connectivity index (χ1v) is 10.2. The molecule has 1 fully saturated rings.